The molecule has 1 aliphatic heterocycles. The average molecular weight is 414 g/mol. The van der Waals surface area contributed by atoms with Gasteiger partial charge in [0.25, 0.3) is 10.0 Å². The smallest absolute Gasteiger partial charge is 0.264 e. The third kappa shape index (κ3) is 3.21. The maximum atomic E-state index is 13.5. The highest BCUT2D eigenvalue weighted by Gasteiger charge is 2.27. The van der Waals surface area contributed by atoms with Crippen molar-refractivity contribution in [3.05, 3.63) is 42.1 Å². The number of sulfonamides is 1. The van der Waals surface area contributed by atoms with E-state index in [0.29, 0.717) is 28.1 Å². The van der Waals surface area contributed by atoms with Gasteiger partial charge in [-0.15, -0.1) is 0 Å². The Hall–Kier alpha value is -3.07. The van der Waals surface area contributed by atoms with Gasteiger partial charge in [-0.1, -0.05) is 0 Å². The Morgan fingerprint density at radius 2 is 1.90 bits per heavy atom. The fraction of sp³-hybridized carbons (Fsp3) is 0.300. The molecule has 0 aliphatic carbocycles. The molecule has 2 heterocycles. The molecule has 0 amide bonds. The lowest BCUT2D eigenvalue weighted by Gasteiger charge is -2.24. The van der Waals surface area contributed by atoms with Gasteiger partial charge < -0.3 is 14.8 Å². The Balaban J connectivity index is 1.86. The van der Waals surface area contributed by atoms with Crippen LogP contribution in [0, 0.1) is 0 Å². The van der Waals surface area contributed by atoms with E-state index in [1.165, 1.54) is 24.7 Å². The van der Waals surface area contributed by atoms with Crippen LogP contribution in [0.1, 0.15) is 12.5 Å². The van der Waals surface area contributed by atoms with Crippen LogP contribution < -0.4 is 19.1 Å². The van der Waals surface area contributed by atoms with Crippen LogP contribution in [0.25, 0.3) is 10.9 Å². The molecule has 0 radical (unpaired) electrons. The predicted octanol–water partition coefficient (Wildman–Crippen LogP) is 2.83. The second kappa shape index (κ2) is 7.40. The molecular formula is C20H22N4O4S. The summed E-state index contributed by atoms with van der Waals surface area (Å²) in [5.41, 5.74) is 2.95. The number of nitrogens with one attached hydrogen (secondary N) is 1. The van der Waals surface area contributed by atoms with Gasteiger partial charge >= 0.3 is 0 Å². The van der Waals surface area contributed by atoms with Crippen molar-refractivity contribution in [1.82, 2.24) is 10.2 Å². The summed E-state index contributed by atoms with van der Waals surface area (Å²) in [5, 5.41) is 12.0. The van der Waals surface area contributed by atoms with Crippen molar-refractivity contribution in [2.24, 2.45) is 0 Å². The minimum absolute atomic E-state index is 0.243. The summed E-state index contributed by atoms with van der Waals surface area (Å²) in [5.74, 6) is 0.995. The van der Waals surface area contributed by atoms with Crippen LogP contribution in [-0.4, -0.2) is 45.9 Å². The molecule has 0 saturated carbocycles. The summed E-state index contributed by atoms with van der Waals surface area (Å²) in [6.07, 6.45) is 2.27. The Morgan fingerprint density at radius 3 is 2.62 bits per heavy atom. The van der Waals surface area contributed by atoms with E-state index in [1.807, 2.05) is 6.07 Å². The minimum atomic E-state index is -3.79. The molecule has 0 atom stereocenters. The number of rotatable bonds is 6. The molecule has 0 saturated heterocycles. The summed E-state index contributed by atoms with van der Waals surface area (Å²) in [6, 6.07) is 8.61. The van der Waals surface area contributed by atoms with E-state index in [0.717, 1.165) is 24.2 Å². The van der Waals surface area contributed by atoms with Crippen LogP contribution in [0.2, 0.25) is 0 Å². The summed E-state index contributed by atoms with van der Waals surface area (Å²) < 4.78 is 39.0. The van der Waals surface area contributed by atoms with Gasteiger partial charge in [0, 0.05) is 30.2 Å². The highest BCUT2D eigenvalue weighted by molar-refractivity contribution is 7.92. The van der Waals surface area contributed by atoms with E-state index in [9.17, 15) is 8.42 Å². The van der Waals surface area contributed by atoms with Gasteiger partial charge in [0.05, 0.1) is 36.5 Å². The topological polar surface area (TPSA) is 93.7 Å². The zero-order valence-corrected chi connectivity index (χ0v) is 17.3. The largest absolute Gasteiger partial charge is 0.493 e. The lowest BCUT2D eigenvalue weighted by molar-refractivity contribution is 0.355. The second-order valence-electron chi connectivity index (χ2n) is 6.62. The van der Waals surface area contributed by atoms with Crippen molar-refractivity contribution >= 4 is 32.3 Å². The highest BCUT2D eigenvalue weighted by Crippen LogP contribution is 2.37. The zero-order chi connectivity index (χ0) is 20.6. The van der Waals surface area contributed by atoms with Crippen molar-refractivity contribution in [3.63, 3.8) is 0 Å². The van der Waals surface area contributed by atoms with Crippen LogP contribution in [0.15, 0.2) is 41.4 Å². The predicted molar refractivity (Wildman–Crippen MR) is 111 cm³/mol. The van der Waals surface area contributed by atoms with Crippen LogP contribution in [0.4, 0.5) is 11.4 Å². The fourth-order valence-corrected chi connectivity index (χ4v) is 5.14. The quantitative estimate of drug-likeness (QED) is 0.663. The molecule has 0 unspecified atom stereocenters. The van der Waals surface area contributed by atoms with Crippen LogP contribution >= 0.6 is 0 Å². The third-order valence-electron chi connectivity index (χ3n) is 5.05. The number of aromatic nitrogens is 2. The molecule has 0 fully saturated rings. The Bertz CT molecular complexity index is 1180. The molecule has 2 aromatic carbocycles. The average Bonchev–Trinajstić information content (AvgIpc) is 3.21. The molecule has 0 bridgehead atoms. The number of hydrogen-bond acceptors (Lipinski definition) is 7. The van der Waals surface area contributed by atoms with Crippen LogP contribution in [-0.2, 0) is 16.4 Å². The van der Waals surface area contributed by atoms with Gasteiger partial charge in [0.1, 0.15) is 0 Å². The SMILES string of the molecule is CCN(c1cnnc2cc(OC)c(OC)cc12)S(=O)(=O)c1ccc2c(c1)CCN2. The number of anilines is 2. The molecule has 29 heavy (non-hydrogen) atoms. The van der Waals surface area contributed by atoms with Gasteiger partial charge in [-0.2, -0.15) is 10.2 Å². The van der Waals surface area contributed by atoms with Crippen molar-refractivity contribution in [2.75, 3.05) is 36.9 Å². The van der Waals surface area contributed by atoms with E-state index in [-0.39, 0.29) is 11.4 Å². The normalized spacial score (nSPS) is 13.1. The van der Waals surface area contributed by atoms with E-state index in [4.69, 9.17) is 9.47 Å². The van der Waals surface area contributed by atoms with E-state index >= 15 is 0 Å². The summed E-state index contributed by atoms with van der Waals surface area (Å²) >= 11 is 0. The monoisotopic (exact) mass is 414 g/mol. The lowest BCUT2D eigenvalue weighted by atomic mass is 10.2. The van der Waals surface area contributed by atoms with Gasteiger partial charge in [0.2, 0.25) is 0 Å². The van der Waals surface area contributed by atoms with Crippen molar-refractivity contribution in [1.29, 1.82) is 0 Å². The Labute approximate surface area is 169 Å². The molecule has 1 aromatic heterocycles. The zero-order valence-electron chi connectivity index (χ0n) is 16.5. The number of ether oxygens (including phenoxy) is 2. The summed E-state index contributed by atoms with van der Waals surface area (Å²) in [6.45, 7) is 2.85. The van der Waals surface area contributed by atoms with Gasteiger partial charge in [-0.25, -0.2) is 8.42 Å². The third-order valence-corrected chi connectivity index (χ3v) is 6.94. The molecule has 1 aliphatic rings. The van der Waals surface area contributed by atoms with Crippen LogP contribution in [0.5, 0.6) is 11.5 Å². The van der Waals surface area contributed by atoms with Gasteiger partial charge in [0.15, 0.2) is 11.5 Å². The first kappa shape index (κ1) is 19.3. The lowest BCUT2D eigenvalue weighted by Crippen LogP contribution is -2.31. The highest BCUT2D eigenvalue weighted by atomic mass is 32.2. The molecule has 9 heteroatoms. The van der Waals surface area contributed by atoms with E-state index in [2.05, 4.69) is 15.5 Å². The van der Waals surface area contributed by atoms with Gasteiger partial charge in [-0.05, 0) is 43.2 Å². The minimum Gasteiger partial charge on any atom is -0.493 e. The van der Waals surface area contributed by atoms with Crippen molar-refractivity contribution in [3.8, 4) is 11.5 Å². The Morgan fingerprint density at radius 1 is 1.14 bits per heavy atom. The summed E-state index contributed by atoms with van der Waals surface area (Å²) in [4.78, 5) is 0.257. The Kier molecular flexibility index (Phi) is 4.91. The molecule has 8 nitrogen and oxygen atoms in total. The molecule has 152 valence electrons. The van der Waals surface area contributed by atoms with Crippen molar-refractivity contribution < 1.29 is 17.9 Å². The number of benzene rings is 2. The first-order chi connectivity index (χ1) is 14.0. The molecule has 0 spiro atoms. The molecular weight excluding hydrogens is 392 g/mol. The fourth-order valence-electron chi connectivity index (χ4n) is 3.61. The first-order valence-corrected chi connectivity index (χ1v) is 10.7. The van der Waals surface area contributed by atoms with Gasteiger partial charge in [-0.3, -0.25) is 4.31 Å². The summed E-state index contributed by atoms with van der Waals surface area (Å²) in [7, 11) is -0.720. The standard InChI is InChI=1S/C20H22N4O4S/c1-4-24(29(25,26)14-5-6-16-13(9-14)7-8-21-16)18-12-22-23-17-11-20(28-3)19(27-2)10-15(17)18/h5-6,9-12,21H,4,7-8H2,1-3H3. The number of fused-ring (bicyclic) bond motifs is 2. The number of hydrogen-bond donors (Lipinski definition) is 1. The van der Waals surface area contributed by atoms with E-state index < -0.39 is 10.0 Å². The van der Waals surface area contributed by atoms with Crippen LogP contribution in [0.3, 0.4) is 0 Å². The molecule has 4 rings (SSSR count). The maximum absolute atomic E-state index is 13.5. The molecule has 3 aromatic rings. The van der Waals surface area contributed by atoms with Crippen molar-refractivity contribution in [2.45, 2.75) is 18.2 Å². The number of methoxy groups -OCH3 is 2. The van der Waals surface area contributed by atoms with E-state index in [1.54, 1.807) is 31.2 Å². The maximum Gasteiger partial charge on any atom is 0.264 e. The first-order valence-electron chi connectivity index (χ1n) is 9.26. The second-order valence-corrected chi connectivity index (χ2v) is 8.48. The number of nitrogens with zero attached hydrogens (tertiary/aromatic N) is 3. The molecule has 1 N–H and O–H groups in total.